The highest BCUT2D eigenvalue weighted by molar-refractivity contribution is 5.72. The van der Waals surface area contributed by atoms with E-state index in [0.29, 0.717) is 18.3 Å². The first-order valence-electron chi connectivity index (χ1n) is 7.72. The summed E-state index contributed by atoms with van der Waals surface area (Å²) in [7, 11) is 0. The highest BCUT2D eigenvalue weighted by Crippen LogP contribution is 2.41. The molecule has 3 nitrogen and oxygen atoms in total. The molecule has 2 aliphatic rings. The summed E-state index contributed by atoms with van der Waals surface area (Å²) in [6, 6.07) is 0. The summed E-state index contributed by atoms with van der Waals surface area (Å²) in [5.41, 5.74) is 1.12. The van der Waals surface area contributed by atoms with E-state index in [2.05, 4.69) is 26.0 Å². The molecule has 0 saturated heterocycles. The van der Waals surface area contributed by atoms with Crippen LogP contribution < -0.4 is 0 Å². The number of fused-ring (bicyclic) bond motifs is 1. The van der Waals surface area contributed by atoms with Gasteiger partial charge in [0.1, 0.15) is 6.10 Å². The third-order valence-electron chi connectivity index (χ3n) is 4.91. The van der Waals surface area contributed by atoms with Crippen LogP contribution >= 0.6 is 0 Å². The summed E-state index contributed by atoms with van der Waals surface area (Å²) in [5, 5.41) is 9.98. The summed E-state index contributed by atoms with van der Waals surface area (Å²) >= 11 is 0. The molecule has 3 heteroatoms. The largest absolute Gasteiger partial charge is 0.461 e. The van der Waals surface area contributed by atoms with Crippen molar-refractivity contribution >= 4 is 5.97 Å². The van der Waals surface area contributed by atoms with Crippen LogP contribution in [0.1, 0.15) is 40.5 Å². The van der Waals surface area contributed by atoms with Crippen molar-refractivity contribution < 1.29 is 14.6 Å². The first-order chi connectivity index (χ1) is 9.43. The van der Waals surface area contributed by atoms with Crippen LogP contribution in [0.5, 0.6) is 0 Å². The third kappa shape index (κ3) is 2.98. The van der Waals surface area contributed by atoms with Crippen LogP contribution in [-0.4, -0.2) is 23.3 Å². The highest BCUT2D eigenvalue weighted by atomic mass is 16.5. The minimum atomic E-state index is -0.513. The number of carbonyl (C=O) groups excluding carboxylic acids is 1. The molecule has 0 radical (unpaired) electrons. The number of hydrogen-bond acceptors (Lipinski definition) is 3. The molecule has 6 unspecified atom stereocenters. The van der Waals surface area contributed by atoms with E-state index < -0.39 is 6.10 Å². The minimum Gasteiger partial charge on any atom is -0.461 e. The number of aliphatic hydroxyl groups excluding tert-OH is 1. The molecule has 0 aromatic carbocycles. The second-order valence-electron chi connectivity index (χ2n) is 6.36. The van der Waals surface area contributed by atoms with E-state index in [-0.39, 0.29) is 23.9 Å². The lowest BCUT2D eigenvalue weighted by Crippen LogP contribution is -2.41. The molecule has 0 heterocycles. The average Bonchev–Trinajstić information content (AvgIpc) is 2.41. The Labute approximate surface area is 121 Å². The number of aliphatic hydroxyl groups is 1. The molecule has 2 aliphatic carbocycles. The van der Waals surface area contributed by atoms with Gasteiger partial charge in [-0.15, -0.1) is 0 Å². The van der Waals surface area contributed by atoms with Gasteiger partial charge in [0.05, 0.1) is 12.0 Å². The van der Waals surface area contributed by atoms with E-state index in [1.807, 2.05) is 19.9 Å². The van der Waals surface area contributed by atoms with Crippen molar-refractivity contribution in [3.8, 4) is 0 Å². The summed E-state index contributed by atoms with van der Waals surface area (Å²) in [6.07, 6.45) is 6.77. The molecule has 1 N–H and O–H groups in total. The van der Waals surface area contributed by atoms with Gasteiger partial charge in [-0.1, -0.05) is 45.9 Å². The third-order valence-corrected chi connectivity index (χ3v) is 4.91. The Balaban J connectivity index is 2.19. The quantitative estimate of drug-likeness (QED) is 0.807. The maximum atomic E-state index is 12.1. The standard InChI is InChI=1S/C17H26O3/c1-5-10(2)17(19)20-15-9-14(18)8-13-7-6-11(3)12(4)16(13)15/h6-8,10-12,14-16,18H,5,9H2,1-4H3. The van der Waals surface area contributed by atoms with Crippen molar-refractivity contribution in [3.63, 3.8) is 0 Å². The Morgan fingerprint density at radius 1 is 1.50 bits per heavy atom. The average molecular weight is 278 g/mol. The Morgan fingerprint density at radius 3 is 2.85 bits per heavy atom. The van der Waals surface area contributed by atoms with Crippen molar-refractivity contribution in [2.75, 3.05) is 0 Å². The normalized spacial score (nSPS) is 37.9. The van der Waals surface area contributed by atoms with Crippen LogP contribution in [0.15, 0.2) is 23.8 Å². The molecule has 0 bridgehead atoms. The lowest BCUT2D eigenvalue weighted by molar-refractivity contribution is -0.158. The minimum absolute atomic E-state index is 0.0756. The Hall–Kier alpha value is -1.09. The van der Waals surface area contributed by atoms with E-state index in [1.54, 1.807) is 0 Å². The zero-order chi connectivity index (χ0) is 14.9. The summed E-state index contributed by atoms with van der Waals surface area (Å²) in [4.78, 5) is 12.1. The molecule has 0 spiro atoms. The molecule has 112 valence electrons. The molecule has 2 rings (SSSR count). The van der Waals surface area contributed by atoms with Crippen molar-refractivity contribution in [2.45, 2.75) is 52.7 Å². The van der Waals surface area contributed by atoms with E-state index in [4.69, 9.17) is 4.74 Å². The van der Waals surface area contributed by atoms with Gasteiger partial charge in [-0.3, -0.25) is 4.79 Å². The van der Waals surface area contributed by atoms with E-state index >= 15 is 0 Å². The predicted octanol–water partition coefficient (Wildman–Crippen LogP) is 3.09. The zero-order valence-electron chi connectivity index (χ0n) is 12.9. The van der Waals surface area contributed by atoms with Crippen molar-refractivity contribution in [1.29, 1.82) is 0 Å². The van der Waals surface area contributed by atoms with Gasteiger partial charge in [0.2, 0.25) is 0 Å². The number of carbonyl (C=O) groups is 1. The van der Waals surface area contributed by atoms with Crippen LogP contribution in [0.4, 0.5) is 0 Å². The fraction of sp³-hybridized carbons (Fsp3) is 0.706. The number of allylic oxidation sites excluding steroid dienone is 2. The first kappa shape index (κ1) is 15.3. The highest BCUT2D eigenvalue weighted by Gasteiger charge is 2.40. The summed E-state index contributed by atoms with van der Waals surface area (Å²) in [5.74, 6) is 0.894. The van der Waals surface area contributed by atoms with Gasteiger partial charge in [0, 0.05) is 12.3 Å². The topological polar surface area (TPSA) is 46.5 Å². The molecule has 0 saturated carbocycles. The zero-order valence-corrected chi connectivity index (χ0v) is 12.9. The van der Waals surface area contributed by atoms with Gasteiger partial charge in [-0.2, -0.15) is 0 Å². The maximum absolute atomic E-state index is 12.1. The van der Waals surface area contributed by atoms with Gasteiger partial charge in [0.25, 0.3) is 0 Å². The van der Waals surface area contributed by atoms with Crippen LogP contribution in [0, 0.1) is 23.7 Å². The van der Waals surface area contributed by atoms with Crippen LogP contribution in [0.2, 0.25) is 0 Å². The maximum Gasteiger partial charge on any atom is 0.308 e. The molecule has 0 amide bonds. The molecule has 0 fully saturated rings. The predicted molar refractivity (Wildman–Crippen MR) is 79.0 cm³/mol. The van der Waals surface area contributed by atoms with Crippen LogP contribution in [-0.2, 0) is 9.53 Å². The fourth-order valence-corrected chi connectivity index (χ4v) is 3.13. The van der Waals surface area contributed by atoms with Crippen molar-refractivity contribution in [1.82, 2.24) is 0 Å². The fourth-order valence-electron chi connectivity index (χ4n) is 3.13. The summed E-state index contributed by atoms with van der Waals surface area (Å²) < 4.78 is 5.73. The number of rotatable bonds is 3. The molecule has 0 aromatic rings. The summed E-state index contributed by atoms with van der Waals surface area (Å²) in [6.45, 7) is 8.27. The second kappa shape index (κ2) is 6.13. The Bertz CT molecular complexity index is 424. The monoisotopic (exact) mass is 278 g/mol. The molecular weight excluding hydrogens is 252 g/mol. The van der Waals surface area contributed by atoms with E-state index in [1.165, 1.54) is 0 Å². The molecule has 20 heavy (non-hydrogen) atoms. The molecular formula is C17H26O3. The first-order valence-corrected chi connectivity index (χ1v) is 7.72. The van der Waals surface area contributed by atoms with Gasteiger partial charge in [-0.25, -0.2) is 0 Å². The lowest BCUT2D eigenvalue weighted by Gasteiger charge is -2.41. The van der Waals surface area contributed by atoms with Crippen molar-refractivity contribution in [3.05, 3.63) is 23.8 Å². The van der Waals surface area contributed by atoms with Gasteiger partial charge >= 0.3 is 5.97 Å². The SMILES string of the molecule is CCC(C)C(=O)OC1CC(O)C=C2C=CC(C)C(C)C21. The molecule has 0 aliphatic heterocycles. The Kier molecular flexibility index (Phi) is 4.69. The van der Waals surface area contributed by atoms with Crippen molar-refractivity contribution in [2.24, 2.45) is 23.7 Å². The molecule has 6 atom stereocenters. The smallest absolute Gasteiger partial charge is 0.308 e. The molecule has 0 aromatic heterocycles. The number of esters is 1. The Morgan fingerprint density at radius 2 is 2.20 bits per heavy atom. The van der Waals surface area contributed by atoms with Crippen LogP contribution in [0.25, 0.3) is 0 Å². The lowest BCUT2D eigenvalue weighted by atomic mass is 9.69. The van der Waals surface area contributed by atoms with E-state index in [9.17, 15) is 9.90 Å². The second-order valence-corrected chi connectivity index (χ2v) is 6.36. The van der Waals surface area contributed by atoms with Gasteiger partial charge in [0.15, 0.2) is 0 Å². The van der Waals surface area contributed by atoms with Gasteiger partial charge in [-0.05, 0) is 23.8 Å². The number of hydrogen-bond donors (Lipinski definition) is 1. The van der Waals surface area contributed by atoms with E-state index in [0.717, 1.165) is 12.0 Å². The number of ether oxygens (including phenoxy) is 1. The van der Waals surface area contributed by atoms with Crippen LogP contribution in [0.3, 0.4) is 0 Å². The van der Waals surface area contributed by atoms with Gasteiger partial charge < -0.3 is 9.84 Å².